The van der Waals surface area contributed by atoms with Crippen LogP contribution in [0.5, 0.6) is 0 Å². The Morgan fingerprint density at radius 3 is 2.90 bits per heavy atom. The Morgan fingerprint density at radius 2 is 2.24 bits per heavy atom. The molecule has 0 saturated heterocycles. The van der Waals surface area contributed by atoms with Gasteiger partial charge in [-0.15, -0.1) is 0 Å². The molecule has 1 aromatic carbocycles. The van der Waals surface area contributed by atoms with E-state index >= 15 is 0 Å². The van der Waals surface area contributed by atoms with Gasteiger partial charge in [0.2, 0.25) is 0 Å². The summed E-state index contributed by atoms with van der Waals surface area (Å²) in [6, 6.07) is 9.69. The Labute approximate surface area is 123 Å². The third kappa shape index (κ3) is 3.05. The van der Waals surface area contributed by atoms with Crippen molar-refractivity contribution in [2.45, 2.75) is 25.9 Å². The number of benzene rings is 1. The Kier molecular flexibility index (Phi) is 4.58. The number of hydrogen-bond acceptors (Lipinski definition) is 5. The zero-order valence-electron chi connectivity index (χ0n) is 12.1. The third-order valence-corrected chi connectivity index (χ3v) is 3.58. The van der Waals surface area contributed by atoms with Crippen LogP contribution < -0.4 is 11.3 Å². The normalized spacial score (nSPS) is 12.3. The lowest BCUT2D eigenvalue weighted by atomic mass is 10.1. The number of carbonyl (C=O) groups excluding carboxylic acids is 1. The molecular weight excluding hydrogens is 268 g/mol. The number of nitrogens with zero attached hydrogens (tertiary/aromatic N) is 2. The van der Waals surface area contributed by atoms with Crippen molar-refractivity contribution < 1.29 is 9.21 Å². The topological polar surface area (TPSA) is 95.3 Å². The molecule has 3 N–H and O–H groups in total. The van der Waals surface area contributed by atoms with Crippen LogP contribution in [0, 0.1) is 11.3 Å². The van der Waals surface area contributed by atoms with E-state index in [0.29, 0.717) is 18.5 Å². The number of nitriles is 1. The largest absolute Gasteiger partial charge is 0.451 e. The van der Waals surface area contributed by atoms with Gasteiger partial charge in [0.05, 0.1) is 12.5 Å². The number of amides is 1. The van der Waals surface area contributed by atoms with Gasteiger partial charge in [0.25, 0.3) is 0 Å². The summed E-state index contributed by atoms with van der Waals surface area (Å²) in [4.78, 5) is 13.9. The van der Waals surface area contributed by atoms with Gasteiger partial charge >= 0.3 is 5.91 Å². The van der Waals surface area contributed by atoms with E-state index in [1.807, 2.05) is 43.1 Å². The van der Waals surface area contributed by atoms with E-state index in [9.17, 15) is 4.79 Å². The molecule has 1 aromatic heterocycles. The predicted molar refractivity (Wildman–Crippen MR) is 79.0 cm³/mol. The first-order chi connectivity index (χ1) is 10.1. The maximum absolute atomic E-state index is 11.9. The molecule has 0 bridgehead atoms. The Morgan fingerprint density at radius 1 is 1.52 bits per heavy atom. The molecule has 6 nitrogen and oxygen atoms in total. The van der Waals surface area contributed by atoms with E-state index in [4.69, 9.17) is 15.5 Å². The highest BCUT2D eigenvalue weighted by atomic mass is 16.3. The van der Waals surface area contributed by atoms with Gasteiger partial charge in [-0.05, 0) is 20.0 Å². The van der Waals surface area contributed by atoms with Crippen molar-refractivity contribution in [3.8, 4) is 6.07 Å². The minimum Gasteiger partial charge on any atom is -0.451 e. The number of nitrogen functional groups attached to an aromatic ring is 1. The minimum atomic E-state index is -0.456. The molecule has 2 aromatic rings. The summed E-state index contributed by atoms with van der Waals surface area (Å²) in [6.07, 6.45) is 0.421. The van der Waals surface area contributed by atoms with Gasteiger partial charge in [0.15, 0.2) is 5.76 Å². The number of hydrogen-bond donors (Lipinski definition) is 2. The van der Waals surface area contributed by atoms with Gasteiger partial charge in [-0.2, -0.15) is 5.26 Å². The van der Waals surface area contributed by atoms with Crippen LogP contribution in [0.25, 0.3) is 11.0 Å². The van der Waals surface area contributed by atoms with Gasteiger partial charge in [0, 0.05) is 23.5 Å². The first-order valence-electron chi connectivity index (χ1n) is 6.67. The number of nitrogens with one attached hydrogen (secondary N) is 1. The fourth-order valence-corrected chi connectivity index (χ4v) is 2.20. The molecule has 1 atom stereocenters. The molecule has 0 saturated carbocycles. The molecule has 0 radical (unpaired) electrons. The fourth-order valence-electron chi connectivity index (χ4n) is 2.20. The summed E-state index contributed by atoms with van der Waals surface area (Å²) in [7, 11) is 1.91. The number of fused-ring (bicyclic) bond motifs is 1. The average Bonchev–Trinajstić information content (AvgIpc) is 2.85. The molecule has 0 fully saturated rings. The lowest BCUT2D eigenvalue weighted by molar-refractivity contribution is 0.0925. The van der Waals surface area contributed by atoms with Gasteiger partial charge in [0.1, 0.15) is 5.58 Å². The molecule has 21 heavy (non-hydrogen) atoms. The van der Waals surface area contributed by atoms with Gasteiger partial charge in [-0.3, -0.25) is 15.1 Å². The van der Waals surface area contributed by atoms with Crippen LogP contribution in [0.15, 0.2) is 28.7 Å². The van der Waals surface area contributed by atoms with Crippen LogP contribution in [-0.2, 0) is 6.54 Å². The highest BCUT2D eigenvalue weighted by molar-refractivity contribution is 5.98. The van der Waals surface area contributed by atoms with Gasteiger partial charge in [-0.25, -0.2) is 5.84 Å². The summed E-state index contributed by atoms with van der Waals surface area (Å²) in [5.41, 5.74) is 3.53. The van der Waals surface area contributed by atoms with Crippen molar-refractivity contribution in [1.29, 1.82) is 5.26 Å². The first kappa shape index (κ1) is 15.0. The highest BCUT2D eigenvalue weighted by Gasteiger charge is 2.22. The van der Waals surface area contributed by atoms with Gasteiger partial charge < -0.3 is 4.42 Å². The summed E-state index contributed by atoms with van der Waals surface area (Å²) in [5, 5.41) is 9.67. The minimum absolute atomic E-state index is 0.0810. The van der Waals surface area contributed by atoms with E-state index in [0.717, 1.165) is 10.9 Å². The molecule has 0 aliphatic rings. The molecule has 0 aliphatic heterocycles. The summed E-state index contributed by atoms with van der Waals surface area (Å²) in [5.74, 6) is 4.98. The van der Waals surface area contributed by atoms with E-state index < -0.39 is 5.91 Å². The molecule has 0 spiro atoms. The zero-order chi connectivity index (χ0) is 15.4. The fraction of sp³-hybridized carbons (Fsp3) is 0.333. The zero-order valence-corrected chi connectivity index (χ0v) is 12.1. The highest BCUT2D eigenvalue weighted by Crippen LogP contribution is 2.27. The number of rotatable bonds is 5. The number of para-hydroxylation sites is 1. The number of hydrazine groups is 1. The second kappa shape index (κ2) is 6.39. The van der Waals surface area contributed by atoms with Gasteiger partial charge in [-0.1, -0.05) is 18.2 Å². The van der Waals surface area contributed by atoms with Crippen LogP contribution in [0.4, 0.5) is 0 Å². The molecule has 1 unspecified atom stereocenters. The second-order valence-electron chi connectivity index (χ2n) is 5.01. The smallest absolute Gasteiger partial charge is 0.301 e. The maximum atomic E-state index is 11.9. The summed E-state index contributed by atoms with van der Waals surface area (Å²) >= 11 is 0. The van der Waals surface area contributed by atoms with Crippen molar-refractivity contribution in [3.63, 3.8) is 0 Å². The SMILES string of the molecule is CC(CC#N)N(C)Cc1c(C(=O)NN)oc2ccccc12. The Balaban J connectivity index is 2.41. The van der Waals surface area contributed by atoms with E-state index in [2.05, 4.69) is 11.5 Å². The molecule has 0 aliphatic carbocycles. The molecule has 1 heterocycles. The van der Waals surface area contributed by atoms with Crippen LogP contribution in [0.2, 0.25) is 0 Å². The second-order valence-corrected chi connectivity index (χ2v) is 5.01. The van der Waals surface area contributed by atoms with Crippen molar-refractivity contribution in [2.24, 2.45) is 5.84 Å². The van der Waals surface area contributed by atoms with Crippen molar-refractivity contribution >= 4 is 16.9 Å². The molecule has 110 valence electrons. The van der Waals surface area contributed by atoms with Crippen LogP contribution in [0.1, 0.15) is 29.5 Å². The van der Waals surface area contributed by atoms with E-state index in [1.165, 1.54) is 0 Å². The van der Waals surface area contributed by atoms with Crippen molar-refractivity contribution in [1.82, 2.24) is 10.3 Å². The number of furan rings is 1. The third-order valence-electron chi connectivity index (χ3n) is 3.58. The molecule has 1 amide bonds. The summed E-state index contributed by atoms with van der Waals surface area (Å²) < 4.78 is 5.61. The molecular formula is C15H18N4O2. The molecule has 2 rings (SSSR count). The Hall–Kier alpha value is -2.36. The van der Waals surface area contributed by atoms with Crippen molar-refractivity contribution in [3.05, 3.63) is 35.6 Å². The molecule has 6 heteroatoms. The lowest BCUT2D eigenvalue weighted by Crippen LogP contribution is -2.32. The average molecular weight is 286 g/mol. The quantitative estimate of drug-likeness (QED) is 0.496. The van der Waals surface area contributed by atoms with E-state index in [-0.39, 0.29) is 11.8 Å². The monoisotopic (exact) mass is 286 g/mol. The van der Waals surface area contributed by atoms with Crippen molar-refractivity contribution in [2.75, 3.05) is 7.05 Å². The lowest BCUT2D eigenvalue weighted by Gasteiger charge is -2.22. The van der Waals surface area contributed by atoms with Crippen LogP contribution in [0.3, 0.4) is 0 Å². The summed E-state index contributed by atoms with van der Waals surface area (Å²) in [6.45, 7) is 2.47. The van der Waals surface area contributed by atoms with E-state index in [1.54, 1.807) is 0 Å². The van der Waals surface area contributed by atoms with Crippen LogP contribution >= 0.6 is 0 Å². The number of carbonyl (C=O) groups is 1. The maximum Gasteiger partial charge on any atom is 0.301 e. The number of nitrogens with two attached hydrogens (primary N) is 1. The Bertz CT molecular complexity index is 687. The van der Waals surface area contributed by atoms with Crippen LogP contribution in [-0.4, -0.2) is 23.9 Å². The standard InChI is InChI=1S/C15H18N4O2/c1-10(7-8-16)19(2)9-12-11-5-3-4-6-13(11)21-14(12)15(20)18-17/h3-6,10H,7,9,17H2,1-2H3,(H,18,20). The predicted octanol–water partition coefficient (Wildman–Crippen LogP) is 1.77. The first-order valence-corrected chi connectivity index (χ1v) is 6.67.